The lowest BCUT2D eigenvalue weighted by atomic mass is 10.1. The van der Waals surface area contributed by atoms with E-state index in [0.717, 1.165) is 27.8 Å². The first kappa shape index (κ1) is 25.5. The minimum absolute atomic E-state index is 0.0671. The molecule has 2 aromatic rings. The van der Waals surface area contributed by atoms with Gasteiger partial charge in [-0.3, -0.25) is 24.1 Å². The van der Waals surface area contributed by atoms with E-state index in [4.69, 9.17) is 9.47 Å². The van der Waals surface area contributed by atoms with Gasteiger partial charge in [0.15, 0.2) is 6.61 Å². The fraction of sp³-hybridized carbons (Fsp3) is 0.308. The number of hydrogen-bond donors (Lipinski definition) is 1. The molecule has 188 valence electrons. The van der Waals surface area contributed by atoms with Crippen LogP contribution in [0.3, 0.4) is 0 Å². The molecule has 0 bridgehead atoms. The molecule has 2 aromatic carbocycles. The molecule has 0 aliphatic carbocycles. The van der Waals surface area contributed by atoms with E-state index < -0.39 is 17.1 Å². The molecular weight excluding hydrogens is 482 g/mol. The predicted molar refractivity (Wildman–Crippen MR) is 137 cm³/mol. The van der Waals surface area contributed by atoms with Crippen LogP contribution in [0.5, 0.6) is 5.75 Å². The van der Waals surface area contributed by atoms with Crippen molar-refractivity contribution in [2.75, 3.05) is 44.8 Å². The quantitative estimate of drug-likeness (QED) is 0.572. The first-order valence-electron chi connectivity index (χ1n) is 11.5. The van der Waals surface area contributed by atoms with E-state index in [0.29, 0.717) is 43.3 Å². The third kappa shape index (κ3) is 6.32. The molecule has 2 fully saturated rings. The van der Waals surface area contributed by atoms with Gasteiger partial charge in [0.2, 0.25) is 5.91 Å². The Morgan fingerprint density at radius 1 is 1.08 bits per heavy atom. The molecule has 0 spiro atoms. The fourth-order valence-corrected chi connectivity index (χ4v) is 4.62. The van der Waals surface area contributed by atoms with Gasteiger partial charge in [-0.1, -0.05) is 29.8 Å². The van der Waals surface area contributed by atoms with Crippen LogP contribution in [0.4, 0.5) is 10.5 Å². The summed E-state index contributed by atoms with van der Waals surface area (Å²) in [6.07, 6.45) is 1.59. The smallest absolute Gasteiger partial charge is 0.294 e. The molecule has 2 heterocycles. The predicted octanol–water partition coefficient (Wildman–Crippen LogP) is 3.22. The van der Waals surface area contributed by atoms with E-state index in [1.807, 2.05) is 26.0 Å². The number of thioether (sulfide) groups is 1. The molecule has 2 aliphatic rings. The lowest BCUT2D eigenvalue weighted by Gasteiger charge is -2.26. The van der Waals surface area contributed by atoms with E-state index in [1.54, 1.807) is 41.3 Å². The first-order chi connectivity index (χ1) is 17.3. The maximum Gasteiger partial charge on any atom is 0.294 e. The van der Waals surface area contributed by atoms with E-state index >= 15 is 0 Å². The van der Waals surface area contributed by atoms with Crippen LogP contribution in [0.2, 0.25) is 0 Å². The number of nitrogens with zero attached hydrogens (tertiary/aromatic N) is 2. The third-order valence-electron chi connectivity index (χ3n) is 5.74. The number of amides is 4. The monoisotopic (exact) mass is 509 g/mol. The van der Waals surface area contributed by atoms with Gasteiger partial charge in [-0.05, 0) is 61.0 Å². The molecule has 4 rings (SSSR count). The summed E-state index contributed by atoms with van der Waals surface area (Å²) in [6.45, 7) is 5.59. The van der Waals surface area contributed by atoms with Crippen LogP contribution < -0.4 is 10.1 Å². The summed E-state index contributed by atoms with van der Waals surface area (Å²) in [5.41, 5.74) is 3.30. The van der Waals surface area contributed by atoms with Crippen LogP contribution >= 0.6 is 11.8 Å². The largest absolute Gasteiger partial charge is 0.484 e. The minimum atomic E-state index is -0.516. The standard InChI is InChI=1S/C26H27N3O6S/c1-17-3-8-21(18(2)13-17)27-23(30)15-29-25(32)22(36-26(29)33)14-19-4-6-20(7-5-19)35-16-24(31)28-9-11-34-12-10-28/h3-8,13-14H,9-12,15-16H2,1-2H3,(H,27,30)/b22-14+. The van der Waals surface area contributed by atoms with Crippen LogP contribution in [0.25, 0.3) is 6.08 Å². The Kier molecular flexibility index (Phi) is 8.07. The maximum atomic E-state index is 12.8. The van der Waals surface area contributed by atoms with Crippen molar-refractivity contribution < 1.29 is 28.7 Å². The maximum absolute atomic E-state index is 12.8. The molecular formula is C26H27N3O6S. The molecule has 0 saturated carbocycles. The van der Waals surface area contributed by atoms with E-state index in [-0.39, 0.29) is 24.0 Å². The van der Waals surface area contributed by atoms with Crippen molar-refractivity contribution in [2.45, 2.75) is 13.8 Å². The third-order valence-corrected chi connectivity index (χ3v) is 6.64. The average Bonchev–Trinajstić information content (AvgIpc) is 3.13. The molecule has 36 heavy (non-hydrogen) atoms. The Hall–Kier alpha value is -3.63. The molecule has 0 radical (unpaired) electrons. The Bertz CT molecular complexity index is 1200. The Labute approximate surface area is 213 Å². The minimum Gasteiger partial charge on any atom is -0.484 e. The van der Waals surface area contributed by atoms with Crippen LogP contribution in [0, 0.1) is 13.8 Å². The second-order valence-electron chi connectivity index (χ2n) is 8.49. The van der Waals surface area contributed by atoms with Crippen molar-refractivity contribution in [1.82, 2.24) is 9.80 Å². The normalized spacial score (nSPS) is 17.0. The van der Waals surface area contributed by atoms with Crippen LogP contribution in [0.15, 0.2) is 47.4 Å². The number of benzene rings is 2. The molecule has 1 N–H and O–H groups in total. The van der Waals surface area contributed by atoms with Crippen molar-refractivity contribution in [3.63, 3.8) is 0 Å². The van der Waals surface area contributed by atoms with Crippen LogP contribution in [-0.4, -0.2) is 72.2 Å². The molecule has 4 amide bonds. The van der Waals surface area contributed by atoms with Crippen molar-refractivity contribution >= 4 is 46.5 Å². The Balaban J connectivity index is 1.32. The number of morpholine rings is 1. The second kappa shape index (κ2) is 11.4. The first-order valence-corrected chi connectivity index (χ1v) is 12.3. The van der Waals surface area contributed by atoms with Gasteiger partial charge in [0, 0.05) is 18.8 Å². The van der Waals surface area contributed by atoms with Gasteiger partial charge >= 0.3 is 0 Å². The van der Waals surface area contributed by atoms with Crippen molar-refractivity contribution in [3.05, 3.63) is 64.1 Å². The Morgan fingerprint density at radius 2 is 1.81 bits per heavy atom. The van der Waals surface area contributed by atoms with Crippen molar-refractivity contribution in [2.24, 2.45) is 0 Å². The van der Waals surface area contributed by atoms with E-state index in [9.17, 15) is 19.2 Å². The number of nitrogens with one attached hydrogen (secondary N) is 1. The van der Waals surface area contributed by atoms with Crippen molar-refractivity contribution in [3.8, 4) is 5.75 Å². The molecule has 0 atom stereocenters. The zero-order chi connectivity index (χ0) is 25.7. The SMILES string of the molecule is Cc1ccc(NC(=O)CN2C(=O)S/C(=C/c3ccc(OCC(=O)N4CCOCC4)cc3)C2=O)c(C)c1. The van der Waals surface area contributed by atoms with Crippen LogP contribution in [0.1, 0.15) is 16.7 Å². The Morgan fingerprint density at radius 3 is 2.50 bits per heavy atom. The van der Waals surface area contributed by atoms with E-state index in [1.165, 1.54) is 0 Å². The summed E-state index contributed by atoms with van der Waals surface area (Å²) in [5.74, 6) is -0.543. The summed E-state index contributed by atoms with van der Waals surface area (Å²) in [4.78, 5) is 52.7. The summed E-state index contributed by atoms with van der Waals surface area (Å²) in [7, 11) is 0. The number of carbonyl (C=O) groups excluding carboxylic acids is 4. The van der Waals surface area contributed by atoms with Gasteiger partial charge in [0.05, 0.1) is 18.1 Å². The zero-order valence-corrected chi connectivity index (χ0v) is 20.9. The lowest BCUT2D eigenvalue weighted by molar-refractivity contribution is -0.137. The lowest BCUT2D eigenvalue weighted by Crippen LogP contribution is -2.42. The number of rotatable bonds is 7. The van der Waals surface area contributed by atoms with Gasteiger partial charge < -0.3 is 19.7 Å². The van der Waals surface area contributed by atoms with Gasteiger partial charge in [0.25, 0.3) is 17.1 Å². The summed E-state index contributed by atoms with van der Waals surface area (Å²) in [6, 6.07) is 12.5. The number of carbonyl (C=O) groups is 4. The van der Waals surface area contributed by atoms with Crippen molar-refractivity contribution in [1.29, 1.82) is 0 Å². The molecule has 9 nitrogen and oxygen atoms in total. The molecule has 0 aromatic heterocycles. The number of ether oxygens (including phenoxy) is 2. The number of imide groups is 1. The van der Waals surface area contributed by atoms with Gasteiger partial charge in [-0.2, -0.15) is 0 Å². The highest BCUT2D eigenvalue weighted by Crippen LogP contribution is 2.32. The van der Waals surface area contributed by atoms with Gasteiger partial charge in [-0.25, -0.2) is 0 Å². The molecule has 10 heteroatoms. The second-order valence-corrected chi connectivity index (χ2v) is 9.48. The molecule has 0 unspecified atom stereocenters. The average molecular weight is 510 g/mol. The molecule has 2 aliphatic heterocycles. The zero-order valence-electron chi connectivity index (χ0n) is 20.1. The van der Waals surface area contributed by atoms with Crippen LogP contribution in [-0.2, 0) is 19.1 Å². The summed E-state index contributed by atoms with van der Waals surface area (Å²) >= 11 is 0.791. The topological polar surface area (TPSA) is 105 Å². The van der Waals surface area contributed by atoms with Gasteiger partial charge in [-0.15, -0.1) is 0 Å². The number of anilines is 1. The number of aryl methyl sites for hydroxylation is 2. The van der Waals surface area contributed by atoms with Gasteiger partial charge in [0.1, 0.15) is 12.3 Å². The summed E-state index contributed by atoms with van der Waals surface area (Å²) in [5, 5.41) is 2.26. The number of hydrogen-bond acceptors (Lipinski definition) is 7. The molecule has 2 saturated heterocycles. The fourth-order valence-electron chi connectivity index (χ4n) is 3.78. The highest BCUT2D eigenvalue weighted by Gasteiger charge is 2.36. The highest BCUT2D eigenvalue weighted by molar-refractivity contribution is 8.18. The summed E-state index contributed by atoms with van der Waals surface area (Å²) < 4.78 is 10.8. The van der Waals surface area contributed by atoms with E-state index in [2.05, 4.69) is 5.32 Å². The highest BCUT2D eigenvalue weighted by atomic mass is 32.2.